The van der Waals surface area contributed by atoms with Crippen LogP contribution in [-0.2, 0) is 4.74 Å². The van der Waals surface area contributed by atoms with Crippen molar-refractivity contribution >= 4 is 39.5 Å². The topological polar surface area (TPSA) is 51.5 Å². The van der Waals surface area contributed by atoms with E-state index in [1.165, 1.54) is 0 Å². The van der Waals surface area contributed by atoms with Crippen molar-refractivity contribution in [1.29, 1.82) is 0 Å². The normalized spacial score (nSPS) is 16.5. The van der Waals surface area contributed by atoms with Gasteiger partial charge in [0.25, 0.3) is 0 Å². The number of piperidine rings is 1. The third kappa shape index (κ3) is 3.35. The smallest absolute Gasteiger partial charge is 0.343 e. The summed E-state index contributed by atoms with van der Waals surface area (Å²) in [5.41, 5.74) is 0.777. The summed E-state index contributed by atoms with van der Waals surface area (Å²) in [6.45, 7) is 4.03. The second kappa shape index (κ2) is 7.23. The van der Waals surface area contributed by atoms with Crippen LogP contribution in [-0.4, -0.2) is 42.2 Å². The molecule has 2 heterocycles. The molecule has 1 fully saturated rings. The summed E-state index contributed by atoms with van der Waals surface area (Å²) in [5.74, 6) is -0.537. The quantitative estimate of drug-likeness (QED) is 0.544. The van der Waals surface area contributed by atoms with Gasteiger partial charge in [0, 0.05) is 21.2 Å². The van der Waals surface area contributed by atoms with Gasteiger partial charge in [-0.05, 0) is 80.7 Å². The second-order valence-electron chi connectivity index (χ2n) is 6.20. The van der Waals surface area contributed by atoms with E-state index in [4.69, 9.17) is 4.74 Å². The summed E-state index contributed by atoms with van der Waals surface area (Å²) in [4.78, 5) is 27.3. The number of pyridine rings is 1. The Morgan fingerprint density at radius 2 is 2.04 bits per heavy atom. The highest BCUT2D eigenvalue weighted by Gasteiger charge is 2.23. The number of benzene rings is 1. The van der Waals surface area contributed by atoms with Crippen molar-refractivity contribution in [3.05, 3.63) is 43.8 Å². The van der Waals surface area contributed by atoms with Gasteiger partial charge in [0.2, 0.25) is 5.43 Å². The predicted molar refractivity (Wildman–Crippen MR) is 103 cm³/mol. The molecule has 0 atom stereocenters. The Labute approximate surface area is 154 Å². The Bertz CT molecular complexity index is 823. The van der Waals surface area contributed by atoms with Gasteiger partial charge in [-0.2, -0.15) is 0 Å². The summed E-state index contributed by atoms with van der Waals surface area (Å²) in [6, 6.07) is 6.12. The Kier molecular flexibility index (Phi) is 5.24. The monoisotopic (exact) mass is 440 g/mol. The van der Waals surface area contributed by atoms with Crippen LogP contribution < -0.4 is 5.43 Å². The molecule has 128 valence electrons. The molecule has 0 N–H and O–H groups in total. The first-order chi connectivity index (χ1) is 11.5. The largest absolute Gasteiger partial charge is 0.462 e. The first-order valence-electron chi connectivity index (χ1n) is 8.21. The van der Waals surface area contributed by atoms with Gasteiger partial charge in [0.05, 0.1) is 12.1 Å². The van der Waals surface area contributed by atoms with Crippen molar-refractivity contribution in [1.82, 2.24) is 9.47 Å². The van der Waals surface area contributed by atoms with Crippen LogP contribution >= 0.6 is 22.6 Å². The average Bonchev–Trinajstić information content (AvgIpc) is 2.57. The summed E-state index contributed by atoms with van der Waals surface area (Å²) in [7, 11) is 2.12. The Morgan fingerprint density at radius 3 is 2.71 bits per heavy atom. The molecule has 5 nitrogen and oxygen atoms in total. The van der Waals surface area contributed by atoms with Crippen molar-refractivity contribution < 1.29 is 9.53 Å². The van der Waals surface area contributed by atoms with Gasteiger partial charge in [0.1, 0.15) is 5.56 Å². The Balaban J connectivity index is 2.18. The molecule has 0 saturated carbocycles. The fourth-order valence-corrected chi connectivity index (χ4v) is 3.75. The highest BCUT2D eigenvalue weighted by molar-refractivity contribution is 14.1. The molecule has 0 radical (unpaired) electrons. The van der Waals surface area contributed by atoms with Crippen molar-refractivity contribution in [3.63, 3.8) is 0 Å². The first kappa shape index (κ1) is 17.4. The number of hydrogen-bond donors (Lipinski definition) is 0. The van der Waals surface area contributed by atoms with E-state index < -0.39 is 5.97 Å². The number of fused-ring (bicyclic) bond motifs is 1. The van der Waals surface area contributed by atoms with Crippen molar-refractivity contribution in [2.75, 3.05) is 26.7 Å². The average molecular weight is 440 g/mol. The lowest BCUT2D eigenvalue weighted by Gasteiger charge is -2.31. The van der Waals surface area contributed by atoms with E-state index in [2.05, 4.69) is 39.1 Å². The fourth-order valence-electron chi connectivity index (χ4n) is 3.26. The minimum atomic E-state index is -0.537. The molecular formula is C18H21IN2O3. The number of aromatic nitrogens is 1. The molecule has 1 saturated heterocycles. The van der Waals surface area contributed by atoms with Crippen molar-refractivity contribution in [2.45, 2.75) is 25.8 Å². The van der Waals surface area contributed by atoms with Gasteiger partial charge in [-0.25, -0.2) is 4.79 Å². The number of rotatable bonds is 3. The molecule has 0 aliphatic carbocycles. The predicted octanol–water partition coefficient (Wildman–Crippen LogP) is 3.05. The van der Waals surface area contributed by atoms with Gasteiger partial charge in [0.15, 0.2) is 0 Å². The lowest BCUT2D eigenvalue weighted by Crippen LogP contribution is -2.32. The minimum Gasteiger partial charge on any atom is -0.462 e. The lowest BCUT2D eigenvalue weighted by molar-refractivity contribution is 0.0524. The van der Waals surface area contributed by atoms with Crippen LogP contribution in [0.5, 0.6) is 0 Å². The zero-order valence-electron chi connectivity index (χ0n) is 13.9. The van der Waals surface area contributed by atoms with E-state index in [9.17, 15) is 9.59 Å². The summed E-state index contributed by atoms with van der Waals surface area (Å²) in [5, 5.41) is 0.589. The van der Waals surface area contributed by atoms with Crippen LogP contribution in [0, 0.1) is 3.57 Å². The van der Waals surface area contributed by atoms with Crippen LogP contribution in [0.4, 0.5) is 0 Å². The van der Waals surface area contributed by atoms with Crippen molar-refractivity contribution in [3.8, 4) is 0 Å². The van der Waals surface area contributed by atoms with E-state index >= 15 is 0 Å². The van der Waals surface area contributed by atoms with Crippen LogP contribution in [0.3, 0.4) is 0 Å². The molecule has 1 aliphatic rings. The fraction of sp³-hybridized carbons (Fsp3) is 0.444. The molecule has 24 heavy (non-hydrogen) atoms. The van der Waals surface area contributed by atoms with Crippen LogP contribution in [0.1, 0.15) is 36.2 Å². The summed E-state index contributed by atoms with van der Waals surface area (Å²) < 4.78 is 8.17. The van der Waals surface area contributed by atoms with Gasteiger partial charge in [-0.3, -0.25) is 4.79 Å². The number of esters is 1. The highest BCUT2D eigenvalue weighted by atomic mass is 127. The van der Waals surface area contributed by atoms with Crippen molar-refractivity contribution in [2.24, 2.45) is 0 Å². The van der Waals surface area contributed by atoms with E-state index in [1.807, 2.05) is 18.2 Å². The standard InChI is InChI=1S/C18H21IN2O3/c1-3-24-18(23)15-11-21(13-6-8-20(2)9-7-13)16-5-4-12(19)10-14(16)17(15)22/h4-5,10-11,13H,3,6-9H2,1-2H3. The highest BCUT2D eigenvalue weighted by Crippen LogP contribution is 2.26. The van der Waals surface area contributed by atoms with E-state index in [-0.39, 0.29) is 23.6 Å². The third-order valence-electron chi connectivity index (χ3n) is 4.57. The lowest BCUT2D eigenvalue weighted by atomic mass is 10.0. The molecule has 1 aromatic carbocycles. The van der Waals surface area contributed by atoms with Crippen LogP contribution in [0.2, 0.25) is 0 Å². The molecule has 3 rings (SSSR count). The van der Waals surface area contributed by atoms with Crippen LogP contribution in [0.15, 0.2) is 29.2 Å². The van der Waals surface area contributed by atoms with Gasteiger partial charge in [-0.1, -0.05) is 0 Å². The maximum absolute atomic E-state index is 12.8. The number of ether oxygens (including phenoxy) is 1. The zero-order chi connectivity index (χ0) is 17.3. The second-order valence-corrected chi connectivity index (χ2v) is 7.44. The van der Waals surface area contributed by atoms with E-state index in [0.29, 0.717) is 5.39 Å². The molecule has 0 unspecified atom stereocenters. The molecule has 0 bridgehead atoms. The maximum atomic E-state index is 12.8. The molecule has 1 aromatic heterocycles. The third-order valence-corrected chi connectivity index (χ3v) is 5.24. The number of carbonyl (C=O) groups is 1. The molecular weight excluding hydrogens is 419 g/mol. The Morgan fingerprint density at radius 1 is 1.33 bits per heavy atom. The molecule has 1 aliphatic heterocycles. The molecule has 6 heteroatoms. The molecule has 0 spiro atoms. The first-order valence-corrected chi connectivity index (χ1v) is 9.29. The molecule has 2 aromatic rings. The summed E-state index contributed by atoms with van der Waals surface area (Å²) >= 11 is 2.19. The SMILES string of the molecule is CCOC(=O)c1cn(C2CCN(C)CC2)c2ccc(I)cc2c1=O. The number of likely N-dealkylation sites (tertiary alicyclic amines) is 1. The van der Waals surface area contributed by atoms with E-state index in [1.54, 1.807) is 13.1 Å². The maximum Gasteiger partial charge on any atom is 0.343 e. The molecule has 0 amide bonds. The Hall–Kier alpha value is -1.41. The van der Waals surface area contributed by atoms with Crippen LogP contribution in [0.25, 0.3) is 10.9 Å². The van der Waals surface area contributed by atoms with Gasteiger partial charge in [-0.15, -0.1) is 0 Å². The van der Waals surface area contributed by atoms with E-state index in [0.717, 1.165) is 35.0 Å². The number of nitrogens with zero attached hydrogens (tertiary/aromatic N) is 2. The number of carbonyl (C=O) groups excluding carboxylic acids is 1. The minimum absolute atomic E-state index is 0.130. The number of halogens is 1. The number of hydrogen-bond acceptors (Lipinski definition) is 4. The zero-order valence-corrected chi connectivity index (χ0v) is 16.1. The van der Waals surface area contributed by atoms with Gasteiger partial charge >= 0.3 is 5.97 Å². The van der Waals surface area contributed by atoms with Gasteiger partial charge < -0.3 is 14.2 Å². The summed E-state index contributed by atoms with van der Waals surface area (Å²) in [6.07, 6.45) is 3.71.